The molecular formula is C19H38N4. The Morgan fingerprint density at radius 3 is 2.35 bits per heavy atom. The van der Waals surface area contributed by atoms with Crippen molar-refractivity contribution >= 4 is 5.96 Å². The summed E-state index contributed by atoms with van der Waals surface area (Å²) < 4.78 is 0. The van der Waals surface area contributed by atoms with Crippen molar-refractivity contribution in [2.45, 2.75) is 51.9 Å². The molecule has 1 saturated carbocycles. The lowest BCUT2D eigenvalue weighted by atomic mass is 9.83. The molecule has 0 bridgehead atoms. The lowest BCUT2D eigenvalue weighted by Gasteiger charge is -2.32. The van der Waals surface area contributed by atoms with Gasteiger partial charge in [0.15, 0.2) is 5.96 Å². The van der Waals surface area contributed by atoms with Crippen LogP contribution in [0.1, 0.15) is 51.9 Å². The first-order valence-corrected chi connectivity index (χ1v) is 9.68. The zero-order chi connectivity index (χ0) is 16.7. The SMILES string of the molecule is CN=C(NCCC1CCN(C)CC1)N(C)CC1CCC(C)CC1. The van der Waals surface area contributed by atoms with E-state index in [0.29, 0.717) is 0 Å². The molecule has 1 saturated heterocycles. The van der Waals surface area contributed by atoms with Crippen LogP contribution in [0.5, 0.6) is 0 Å². The summed E-state index contributed by atoms with van der Waals surface area (Å²) in [4.78, 5) is 9.28. The minimum atomic E-state index is 0.851. The van der Waals surface area contributed by atoms with Crippen molar-refractivity contribution in [3.63, 3.8) is 0 Å². The molecule has 0 radical (unpaired) electrons. The maximum absolute atomic E-state index is 4.49. The van der Waals surface area contributed by atoms with Gasteiger partial charge in [-0.25, -0.2) is 0 Å². The van der Waals surface area contributed by atoms with E-state index in [0.717, 1.165) is 36.8 Å². The molecule has 4 nitrogen and oxygen atoms in total. The van der Waals surface area contributed by atoms with Crippen molar-refractivity contribution in [3.8, 4) is 0 Å². The molecule has 0 atom stereocenters. The Bertz CT molecular complexity index is 352. The number of guanidine groups is 1. The smallest absolute Gasteiger partial charge is 0.193 e. The van der Waals surface area contributed by atoms with Crippen molar-refractivity contribution in [3.05, 3.63) is 0 Å². The third kappa shape index (κ3) is 6.33. The normalized spacial score (nSPS) is 27.9. The Hall–Kier alpha value is -0.770. The number of aliphatic imine (C=N–C) groups is 1. The molecule has 23 heavy (non-hydrogen) atoms. The Morgan fingerprint density at radius 2 is 1.74 bits per heavy atom. The van der Waals surface area contributed by atoms with Crippen molar-refractivity contribution in [1.29, 1.82) is 0 Å². The molecule has 2 rings (SSSR count). The molecule has 4 heteroatoms. The number of likely N-dealkylation sites (tertiary alicyclic amines) is 1. The van der Waals surface area contributed by atoms with Gasteiger partial charge in [0.25, 0.3) is 0 Å². The highest BCUT2D eigenvalue weighted by atomic mass is 15.3. The highest BCUT2D eigenvalue weighted by Gasteiger charge is 2.21. The van der Waals surface area contributed by atoms with Gasteiger partial charge in [-0.15, -0.1) is 0 Å². The number of piperidine rings is 1. The lowest BCUT2D eigenvalue weighted by Crippen LogP contribution is -2.42. The van der Waals surface area contributed by atoms with Gasteiger partial charge < -0.3 is 15.1 Å². The van der Waals surface area contributed by atoms with Gasteiger partial charge in [-0.2, -0.15) is 0 Å². The molecule has 2 fully saturated rings. The molecule has 0 aromatic heterocycles. The highest BCUT2D eigenvalue weighted by Crippen LogP contribution is 2.28. The monoisotopic (exact) mass is 322 g/mol. The molecule has 1 aliphatic heterocycles. The molecule has 1 N–H and O–H groups in total. The van der Waals surface area contributed by atoms with Crippen molar-refractivity contribution in [2.24, 2.45) is 22.7 Å². The van der Waals surface area contributed by atoms with Gasteiger partial charge in [0.05, 0.1) is 0 Å². The number of nitrogens with one attached hydrogen (secondary N) is 1. The summed E-state index contributed by atoms with van der Waals surface area (Å²) in [5.41, 5.74) is 0. The third-order valence-electron chi connectivity index (χ3n) is 5.91. The second-order valence-electron chi connectivity index (χ2n) is 8.02. The van der Waals surface area contributed by atoms with Gasteiger partial charge in [0.1, 0.15) is 0 Å². The topological polar surface area (TPSA) is 30.9 Å². The molecule has 1 aliphatic carbocycles. The van der Waals surface area contributed by atoms with Crippen LogP contribution >= 0.6 is 0 Å². The largest absolute Gasteiger partial charge is 0.356 e. The van der Waals surface area contributed by atoms with E-state index in [-0.39, 0.29) is 0 Å². The van der Waals surface area contributed by atoms with Crippen LogP contribution in [0.15, 0.2) is 4.99 Å². The summed E-state index contributed by atoms with van der Waals surface area (Å²) in [5.74, 6) is 3.76. The van der Waals surface area contributed by atoms with Crippen LogP contribution in [0.2, 0.25) is 0 Å². The summed E-state index contributed by atoms with van der Waals surface area (Å²) in [6.07, 6.45) is 9.57. The average Bonchev–Trinajstić information content (AvgIpc) is 2.55. The quantitative estimate of drug-likeness (QED) is 0.623. The Labute approximate surface area is 143 Å². The second-order valence-corrected chi connectivity index (χ2v) is 8.02. The van der Waals surface area contributed by atoms with Crippen LogP contribution in [0.4, 0.5) is 0 Å². The van der Waals surface area contributed by atoms with Gasteiger partial charge in [-0.05, 0) is 70.0 Å². The highest BCUT2D eigenvalue weighted by molar-refractivity contribution is 5.79. The summed E-state index contributed by atoms with van der Waals surface area (Å²) in [6.45, 7) is 7.13. The van der Waals surface area contributed by atoms with E-state index in [1.165, 1.54) is 58.0 Å². The van der Waals surface area contributed by atoms with Crippen molar-refractivity contribution in [2.75, 3.05) is 47.3 Å². The summed E-state index contributed by atoms with van der Waals surface area (Å²) in [7, 11) is 6.34. The number of rotatable bonds is 5. The predicted molar refractivity (Wildman–Crippen MR) is 100.0 cm³/mol. The first kappa shape index (κ1) is 18.6. The first-order valence-electron chi connectivity index (χ1n) is 9.68. The zero-order valence-electron chi connectivity index (χ0n) is 15.9. The van der Waals surface area contributed by atoms with E-state index in [1.54, 1.807) is 0 Å². The Kier molecular flexibility index (Phi) is 7.68. The molecular weight excluding hydrogens is 284 g/mol. The van der Waals surface area contributed by atoms with Crippen LogP contribution in [-0.2, 0) is 0 Å². The lowest BCUT2D eigenvalue weighted by molar-refractivity contribution is 0.212. The molecule has 0 spiro atoms. The molecule has 0 aromatic carbocycles. The molecule has 0 aromatic rings. The van der Waals surface area contributed by atoms with Gasteiger partial charge >= 0.3 is 0 Å². The molecule has 0 amide bonds. The fourth-order valence-electron chi connectivity index (χ4n) is 4.11. The van der Waals surface area contributed by atoms with Crippen LogP contribution in [0, 0.1) is 17.8 Å². The van der Waals surface area contributed by atoms with E-state index in [1.807, 2.05) is 7.05 Å². The third-order valence-corrected chi connectivity index (χ3v) is 5.91. The Morgan fingerprint density at radius 1 is 1.09 bits per heavy atom. The van der Waals surface area contributed by atoms with Gasteiger partial charge in [-0.1, -0.05) is 19.8 Å². The van der Waals surface area contributed by atoms with E-state index >= 15 is 0 Å². The van der Waals surface area contributed by atoms with E-state index in [2.05, 4.69) is 41.1 Å². The standard InChI is InChI=1S/C19H38N4/c1-16-5-7-18(8-6-16)15-23(4)19(20-2)21-12-9-17-10-13-22(3)14-11-17/h16-18H,5-15H2,1-4H3,(H,20,21). The number of hydrogen-bond donors (Lipinski definition) is 1. The second kappa shape index (κ2) is 9.51. The molecule has 1 heterocycles. The first-order chi connectivity index (χ1) is 11.1. The van der Waals surface area contributed by atoms with Crippen molar-refractivity contribution in [1.82, 2.24) is 15.1 Å². The van der Waals surface area contributed by atoms with Crippen LogP contribution in [-0.4, -0.2) is 63.1 Å². The minimum Gasteiger partial charge on any atom is -0.356 e. The maximum atomic E-state index is 4.49. The summed E-state index contributed by atoms with van der Waals surface area (Å²) in [6, 6.07) is 0. The zero-order valence-corrected chi connectivity index (χ0v) is 15.9. The van der Waals surface area contributed by atoms with E-state index in [9.17, 15) is 0 Å². The van der Waals surface area contributed by atoms with Crippen molar-refractivity contribution < 1.29 is 0 Å². The average molecular weight is 323 g/mol. The molecule has 0 unspecified atom stereocenters. The molecule has 134 valence electrons. The van der Waals surface area contributed by atoms with Crippen LogP contribution < -0.4 is 5.32 Å². The summed E-state index contributed by atoms with van der Waals surface area (Å²) in [5, 5.41) is 3.59. The number of hydrogen-bond acceptors (Lipinski definition) is 2. The van der Waals surface area contributed by atoms with Gasteiger partial charge in [0, 0.05) is 27.2 Å². The van der Waals surface area contributed by atoms with E-state index < -0.39 is 0 Å². The minimum absolute atomic E-state index is 0.851. The predicted octanol–water partition coefficient (Wildman–Crippen LogP) is 3.05. The summed E-state index contributed by atoms with van der Waals surface area (Å²) >= 11 is 0. The van der Waals surface area contributed by atoms with Crippen LogP contribution in [0.25, 0.3) is 0 Å². The number of nitrogens with zero attached hydrogens (tertiary/aromatic N) is 3. The molecule has 2 aliphatic rings. The fourth-order valence-corrected chi connectivity index (χ4v) is 4.11. The van der Waals surface area contributed by atoms with Gasteiger partial charge in [-0.3, -0.25) is 4.99 Å². The Balaban J connectivity index is 1.65. The fraction of sp³-hybridized carbons (Fsp3) is 0.947. The maximum Gasteiger partial charge on any atom is 0.193 e. The van der Waals surface area contributed by atoms with E-state index in [4.69, 9.17) is 0 Å². The van der Waals surface area contributed by atoms with Gasteiger partial charge in [0.2, 0.25) is 0 Å². The van der Waals surface area contributed by atoms with Crippen LogP contribution in [0.3, 0.4) is 0 Å².